The van der Waals surface area contributed by atoms with Gasteiger partial charge >= 0.3 is 17.9 Å². The molecule has 4 atom stereocenters. The fourth-order valence-electron chi connectivity index (χ4n) is 2.16. The number of hydrogen-bond donors (Lipinski definition) is 8. The second-order valence-electron chi connectivity index (χ2n) is 6.51. The van der Waals surface area contributed by atoms with E-state index in [2.05, 4.69) is 5.32 Å². The average Bonchev–Trinajstić information content (AvgIpc) is 2.62. The summed E-state index contributed by atoms with van der Waals surface area (Å²) in [5.74, 6) is -8.71. The second kappa shape index (κ2) is 12.7. The van der Waals surface area contributed by atoms with Crippen molar-refractivity contribution in [3.05, 3.63) is 0 Å². The molecule has 4 amide bonds. The smallest absolute Gasteiger partial charge is 0.326 e. The molecule has 0 aromatic rings. The minimum atomic E-state index is -1.89. The number of nitrogens with one attached hydrogen (secondary N) is 3. The molecule has 0 aliphatic carbocycles. The Kier molecular flexibility index (Phi) is 11.2. The second-order valence-corrected chi connectivity index (χ2v) is 6.51. The minimum absolute atomic E-state index is 0.294. The summed E-state index contributed by atoms with van der Waals surface area (Å²) in [6, 6.07) is -6.15. The van der Waals surface area contributed by atoms with Crippen LogP contribution in [0.4, 0.5) is 0 Å². The first kappa shape index (κ1) is 27.2. The third-order valence-electron chi connectivity index (χ3n) is 3.73. The molecule has 0 aromatic carbocycles. The predicted molar refractivity (Wildman–Crippen MR) is 100 cm³/mol. The Morgan fingerprint density at radius 2 is 1.16 bits per heavy atom. The number of rotatable bonds is 14. The van der Waals surface area contributed by atoms with Crippen molar-refractivity contribution in [3.63, 3.8) is 0 Å². The molecule has 15 nitrogen and oxygen atoms in total. The maximum absolute atomic E-state index is 12.5. The summed E-state index contributed by atoms with van der Waals surface area (Å²) >= 11 is 0. The number of carboxylic acid groups (broad SMARTS) is 3. The van der Waals surface area contributed by atoms with Crippen molar-refractivity contribution >= 4 is 41.5 Å². The summed E-state index contributed by atoms with van der Waals surface area (Å²) in [6.45, 7) is 1.31. The topological polar surface area (TPSA) is 268 Å². The van der Waals surface area contributed by atoms with Gasteiger partial charge < -0.3 is 42.7 Å². The van der Waals surface area contributed by atoms with E-state index in [1.807, 2.05) is 10.6 Å². The highest BCUT2D eigenvalue weighted by molar-refractivity contribution is 5.96. The van der Waals surface area contributed by atoms with Gasteiger partial charge in [-0.15, -0.1) is 0 Å². The van der Waals surface area contributed by atoms with Gasteiger partial charge in [0.25, 0.3) is 0 Å². The molecule has 0 saturated carbocycles. The van der Waals surface area contributed by atoms with Gasteiger partial charge in [0.1, 0.15) is 18.1 Å². The van der Waals surface area contributed by atoms with E-state index in [0.717, 1.165) is 0 Å². The molecule has 0 aliphatic rings. The van der Waals surface area contributed by atoms with Crippen LogP contribution in [-0.4, -0.2) is 81.0 Å². The molecular formula is C16H25N5O10. The van der Waals surface area contributed by atoms with Gasteiger partial charge in [-0.1, -0.05) is 0 Å². The lowest BCUT2D eigenvalue weighted by Gasteiger charge is -2.23. The number of hydrogen-bond acceptors (Lipinski definition) is 8. The van der Waals surface area contributed by atoms with Crippen LogP contribution in [0.1, 0.15) is 32.6 Å². The van der Waals surface area contributed by atoms with E-state index in [9.17, 15) is 33.6 Å². The number of amides is 4. The largest absolute Gasteiger partial charge is 0.481 e. The van der Waals surface area contributed by atoms with Crippen molar-refractivity contribution in [1.82, 2.24) is 16.0 Å². The first-order valence-electron chi connectivity index (χ1n) is 8.86. The van der Waals surface area contributed by atoms with Crippen LogP contribution in [0.5, 0.6) is 0 Å². The monoisotopic (exact) mass is 447 g/mol. The first-order chi connectivity index (χ1) is 14.2. The van der Waals surface area contributed by atoms with E-state index in [1.54, 1.807) is 0 Å². The Morgan fingerprint density at radius 1 is 0.742 bits per heavy atom. The average molecular weight is 447 g/mol. The zero-order chi connectivity index (χ0) is 24.3. The van der Waals surface area contributed by atoms with Crippen LogP contribution in [0.2, 0.25) is 0 Å². The van der Waals surface area contributed by atoms with Crippen LogP contribution >= 0.6 is 0 Å². The summed E-state index contributed by atoms with van der Waals surface area (Å²) < 4.78 is 0. The molecule has 15 heteroatoms. The van der Waals surface area contributed by atoms with Gasteiger partial charge in [-0.2, -0.15) is 0 Å². The molecule has 0 saturated heterocycles. The molecule has 0 fully saturated rings. The predicted octanol–water partition coefficient (Wildman–Crippen LogP) is -3.91. The fraction of sp³-hybridized carbons (Fsp3) is 0.562. The molecular weight excluding hydrogens is 422 g/mol. The van der Waals surface area contributed by atoms with E-state index < -0.39 is 78.5 Å². The zero-order valence-electron chi connectivity index (χ0n) is 16.5. The van der Waals surface area contributed by atoms with Gasteiger partial charge in [-0.3, -0.25) is 28.8 Å². The highest BCUT2D eigenvalue weighted by atomic mass is 16.4. The summed E-state index contributed by atoms with van der Waals surface area (Å²) in [7, 11) is 0. The highest BCUT2D eigenvalue weighted by Crippen LogP contribution is 2.03. The van der Waals surface area contributed by atoms with Gasteiger partial charge in [-0.05, 0) is 13.3 Å². The fourth-order valence-corrected chi connectivity index (χ4v) is 2.16. The molecule has 174 valence electrons. The van der Waals surface area contributed by atoms with Crippen LogP contribution in [-0.2, 0) is 33.6 Å². The van der Waals surface area contributed by atoms with Crippen molar-refractivity contribution in [3.8, 4) is 0 Å². The van der Waals surface area contributed by atoms with E-state index >= 15 is 0 Å². The third kappa shape index (κ3) is 11.1. The lowest BCUT2D eigenvalue weighted by Crippen LogP contribution is -2.57. The van der Waals surface area contributed by atoms with Crippen LogP contribution in [0.15, 0.2) is 0 Å². The Hall–Kier alpha value is -3.75. The van der Waals surface area contributed by atoms with Gasteiger partial charge in [0.15, 0.2) is 0 Å². The van der Waals surface area contributed by atoms with Crippen molar-refractivity contribution < 1.29 is 48.9 Å². The Labute approximate surface area is 175 Å². The van der Waals surface area contributed by atoms with E-state index in [4.69, 9.17) is 26.8 Å². The van der Waals surface area contributed by atoms with Crippen LogP contribution in [0.3, 0.4) is 0 Å². The Bertz CT molecular complexity index is 738. The summed E-state index contributed by atoms with van der Waals surface area (Å²) in [5.41, 5.74) is 10.4. The Balaban J connectivity index is 5.51. The SMILES string of the molecule is CC(N)C(=O)NC(CCC(N)=O)C(=O)NC(CC(=O)O)C(=O)NC(CC(=O)O)C(=O)O. The first-order valence-corrected chi connectivity index (χ1v) is 8.86. The van der Waals surface area contributed by atoms with Crippen molar-refractivity contribution in [2.75, 3.05) is 0 Å². The van der Waals surface area contributed by atoms with Crippen molar-refractivity contribution in [2.45, 2.75) is 56.8 Å². The summed E-state index contributed by atoms with van der Waals surface area (Å²) in [6.07, 6.45) is -2.62. The van der Waals surface area contributed by atoms with Crippen LogP contribution < -0.4 is 27.4 Å². The van der Waals surface area contributed by atoms with Gasteiger partial charge in [0.05, 0.1) is 18.9 Å². The zero-order valence-corrected chi connectivity index (χ0v) is 16.5. The van der Waals surface area contributed by atoms with E-state index in [0.29, 0.717) is 0 Å². The summed E-state index contributed by atoms with van der Waals surface area (Å²) in [4.78, 5) is 80.5. The maximum atomic E-state index is 12.5. The van der Waals surface area contributed by atoms with Gasteiger partial charge in [0, 0.05) is 6.42 Å². The molecule has 0 heterocycles. The molecule has 10 N–H and O–H groups in total. The number of carbonyl (C=O) groups excluding carboxylic acids is 4. The molecule has 0 aromatic heterocycles. The molecule has 0 spiro atoms. The maximum Gasteiger partial charge on any atom is 0.326 e. The molecule has 0 rings (SSSR count). The van der Waals surface area contributed by atoms with Crippen LogP contribution in [0.25, 0.3) is 0 Å². The van der Waals surface area contributed by atoms with Gasteiger partial charge in [-0.25, -0.2) is 4.79 Å². The Morgan fingerprint density at radius 3 is 1.58 bits per heavy atom. The quantitative estimate of drug-likeness (QED) is 0.127. The summed E-state index contributed by atoms with van der Waals surface area (Å²) in [5, 5.41) is 32.8. The van der Waals surface area contributed by atoms with Crippen LogP contribution in [0, 0.1) is 0 Å². The highest BCUT2D eigenvalue weighted by Gasteiger charge is 2.32. The minimum Gasteiger partial charge on any atom is -0.481 e. The van der Waals surface area contributed by atoms with Crippen molar-refractivity contribution in [2.24, 2.45) is 11.5 Å². The number of aliphatic carboxylic acids is 3. The number of carboxylic acids is 3. The molecule has 0 bridgehead atoms. The number of carbonyl (C=O) groups is 7. The molecule has 0 radical (unpaired) electrons. The molecule has 4 unspecified atom stereocenters. The van der Waals surface area contributed by atoms with Crippen molar-refractivity contribution in [1.29, 1.82) is 0 Å². The lowest BCUT2D eigenvalue weighted by atomic mass is 10.1. The standard InChI is InChI=1S/C16H25N5O10/c1-6(17)13(27)19-7(2-3-10(18)22)14(28)20-8(4-11(23)24)15(29)21-9(16(30)31)5-12(25)26/h6-9H,2-5,17H2,1H3,(H2,18,22)(H,19,27)(H,20,28)(H,21,29)(H,23,24)(H,25,26)(H,30,31). The third-order valence-corrected chi connectivity index (χ3v) is 3.73. The molecule has 31 heavy (non-hydrogen) atoms. The number of nitrogens with two attached hydrogens (primary N) is 2. The lowest BCUT2D eigenvalue weighted by molar-refractivity contribution is -0.148. The van der Waals surface area contributed by atoms with E-state index in [-0.39, 0.29) is 12.8 Å². The van der Waals surface area contributed by atoms with Gasteiger partial charge in [0.2, 0.25) is 23.6 Å². The number of primary amides is 1. The van der Waals surface area contributed by atoms with E-state index in [1.165, 1.54) is 6.92 Å². The molecule has 0 aliphatic heterocycles. The normalized spacial score (nSPS) is 14.3.